The summed E-state index contributed by atoms with van der Waals surface area (Å²) >= 11 is 0. The fraction of sp³-hybridized carbons (Fsp3) is 0.556. The van der Waals surface area contributed by atoms with Crippen LogP contribution in [-0.4, -0.2) is 64.5 Å². The van der Waals surface area contributed by atoms with Crippen molar-refractivity contribution in [2.75, 3.05) is 34.4 Å². The van der Waals surface area contributed by atoms with Gasteiger partial charge >= 0.3 is 0 Å². The second kappa shape index (κ2) is 5.53. The normalized spacial score (nSPS) is 32.0. The molecule has 4 saturated heterocycles. The molecule has 146 valence electrons. The maximum absolute atomic E-state index is 12.1. The van der Waals surface area contributed by atoms with E-state index in [0.717, 1.165) is 35.5 Å². The monoisotopic (exact) mass is 399 g/mol. The van der Waals surface area contributed by atoms with Crippen LogP contribution in [0.5, 0.6) is 0 Å². The highest BCUT2D eigenvalue weighted by atomic mass is 32.2. The zero-order valence-electron chi connectivity index (χ0n) is 15.3. The van der Waals surface area contributed by atoms with E-state index in [1.807, 2.05) is 6.07 Å². The smallest absolute Gasteiger partial charge is 0.228 e. The fourth-order valence-electron chi connectivity index (χ4n) is 5.07. The third kappa shape index (κ3) is 2.40. The van der Waals surface area contributed by atoms with Crippen molar-refractivity contribution in [1.29, 1.82) is 0 Å². The summed E-state index contributed by atoms with van der Waals surface area (Å²) in [6.45, 7) is 1.50. The van der Waals surface area contributed by atoms with Gasteiger partial charge in [-0.25, -0.2) is 23.4 Å². The maximum atomic E-state index is 12.1. The number of nitrogen functional groups attached to an aromatic ring is 1. The number of nitrogens with zero attached hydrogens (tertiary/aromatic N) is 6. The van der Waals surface area contributed by atoms with Crippen LogP contribution in [0.3, 0.4) is 0 Å². The maximum Gasteiger partial charge on any atom is 0.228 e. The van der Waals surface area contributed by atoms with Gasteiger partial charge in [-0.05, 0) is 25.2 Å². The van der Waals surface area contributed by atoms with Crippen LogP contribution in [0.2, 0.25) is 0 Å². The average molecular weight is 399 g/mol. The van der Waals surface area contributed by atoms with Gasteiger partial charge < -0.3 is 15.5 Å². The quantitative estimate of drug-likeness (QED) is 0.786. The molecule has 0 amide bonds. The average Bonchev–Trinajstić information content (AvgIpc) is 3.39. The van der Waals surface area contributed by atoms with Crippen LogP contribution in [0, 0.1) is 5.92 Å². The minimum absolute atomic E-state index is 0.000481. The Morgan fingerprint density at radius 1 is 1.00 bits per heavy atom. The first-order valence-corrected chi connectivity index (χ1v) is 11.4. The van der Waals surface area contributed by atoms with Gasteiger partial charge in [0.05, 0.1) is 16.7 Å². The molecular weight excluding hydrogens is 378 g/mol. The molecule has 9 nitrogen and oxygen atoms in total. The van der Waals surface area contributed by atoms with Gasteiger partial charge in [0.15, 0.2) is 9.84 Å². The van der Waals surface area contributed by atoms with Crippen molar-refractivity contribution in [2.24, 2.45) is 5.92 Å². The summed E-state index contributed by atoms with van der Waals surface area (Å²) in [4.78, 5) is 22.3. The summed E-state index contributed by atoms with van der Waals surface area (Å²) < 4.78 is 24.3. The molecule has 2 unspecified atom stereocenters. The standard InChI is InChI=1S/C18H21N7O2S/c19-17-20-5-11(6-21-17)15-4-16(24-8-14-3-13(24)9-28(14,26)27)23-18(22-15)25-7-10-1-12(25)2-10/h4-6,10,12-14H,1-3,7-9H2,(H2,19,20,21). The van der Waals surface area contributed by atoms with Gasteiger partial charge in [0.25, 0.3) is 0 Å². The Balaban J connectivity index is 1.42. The summed E-state index contributed by atoms with van der Waals surface area (Å²) in [6.07, 6.45) is 6.45. The molecule has 7 rings (SSSR count). The van der Waals surface area contributed by atoms with E-state index in [0.29, 0.717) is 19.0 Å². The van der Waals surface area contributed by atoms with Gasteiger partial charge in [-0.15, -0.1) is 0 Å². The Morgan fingerprint density at radius 3 is 2.39 bits per heavy atom. The molecule has 4 bridgehead atoms. The number of hydrogen-bond donors (Lipinski definition) is 1. The number of anilines is 3. The summed E-state index contributed by atoms with van der Waals surface area (Å²) in [5.74, 6) is 2.70. The second-order valence-corrected chi connectivity index (χ2v) is 10.7. The van der Waals surface area contributed by atoms with Crippen molar-refractivity contribution in [2.45, 2.75) is 36.6 Å². The van der Waals surface area contributed by atoms with Gasteiger partial charge in [-0.3, -0.25) is 0 Å². The SMILES string of the molecule is Nc1ncc(-c2cc(N3CC4CC3CS4(=O)=O)nc(N3CC4CC3C4)n2)cn1. The van der Waals surface area contributed by atoms with Crippen LogP contribution in [-0.2, 0) is 9.84 Å². The molecule has 0 spiro atoms. The molecule has 5 fully saturated rings. The third-order valence-corrected chi connectivity index (χ3v) is 8.84. The number of aromatic nitrogens is 4. The molecule has 0 radical (unpaired) electrons. The van der Waals surface area contributed by atoms with Crippen molar-refractivity contribution >= 4 is 27.6 Å². The molecule has 4 aliphatic heterocycles. The lowest BCUT2D eigenvalue weighted by molar-refractivity contribution is 0.380. The number of nitrogens with two attached hydrogens (primary N) is 1. The zero-order valence-corrected chi connectivity index (χ0v) is 16.1. The molecular formula is C18H21N7O2S. The van der Waals surface area contributed by atoms with E-state index in [4.69, 9.17) is 15.7 Å². The van der Waals surface area contributed by atoms with E-state index < -0.39 is 9.84 Å². The molecule has 1 saturated carbocycles. The van der Waals surface area contributed by atoms with Gasteiger partial charge in [0, 0.05) is 49.2 Å². The molecule has 6 heterocycles. The largest absolute Gasteiger partial charge is 0.368 e. The highest BCUT2D eigenvalue weighted by Gasteiger charge is 2.49. The van der Waals surface area contributed by atoms with Crippen molar-refractivity contribution in [3.05, 3.63) is 18.5 Å². The molecule has 2 N–H and O–H groups in total. The van der Waals surface area contributed by atoms with Crippen LogP contribution < -0.4 is 15.5 Å². The fourth-order valence-corrected chi connectivity index (χ4v) is 7.10. The Hall–Kier alpha value is -2.49. The number of sulfone groups is 1. The van der Waals surface area contributed by atoms with Crippen LogP contribution in [0.25, 0.3) is 11.3 Å². The Morgan fingerprint density at radius 2 is 1.79 bits per heavy atom. The van der Waals surface area contributed by atoms with Crippen molar-refractivity contribution < 1.29 is 8.42 Å². The summed E-state index contributed by atoms with van der Waals surface area (Å²) in [6, 6.07) is 2.44. The van der Waals surface area contributed by atoms with Gasteiger partial charge in [-0.1, -0.05) is 0 Å². The summed E-state index contributed by atoms with van der Waals surface area (Å²) in [7, 11) is -2.95. The predicted molar refractivity (Wildman–Crippen MR) is 105 cm³/mol. The van der Waals surface area contributed by atoms with E-state index in [-0.39, 0.29) is 23.0 Å². The Kier molecular flexibility index (Phi) is 3.25. The zero-order chi connectivity index (χ0) is 19.0. The topological polar surface area (TPSA) is 118 Å². The van der Waals surface area contributed by atoms with E-state index >= 15 is 0 Å². The third-order valence-electron chi connectivity index (χ3n) is 6.63. The summed E-state index contributed by atoms with van der Waals surface area (Å²) in [5, 5.41) is -0.279. The van der Waals surface area contributed by atoms with Crippen LogP contribution >= 0.6 is 0 Å². The summed E-state index contributed by atoms with van der Waals surface area (Å²) in [5.41, 5.74) is 7.15. The molecule has 0 aromatic carbocycles. The lowest BCUT2D eigenvalue weighted by Crippen LogP contribution is -2.41. The molecule has 1 aliphatic carbocycles. The molecule has 10 heteroatoms. The minimum atomic E-state index is -2.95. The lowest BCUT2D eigenvalue weighted by atomic mass is 9.86. The van der Waals surface area contributed by atoms with Crippen LogP contribution in [0.1, 0.15) is 19.3 Å². The van der Waals surface area contributed by atoms with Gasteiger partial charge in [-0.2, -0.15) is 4.98 Å². The highest BCUT2D eigenvalue weighted by Crippen LogP contribution is 2.43. The molecule has 2 aromatic rings. The predicted octanol–water partition coefficient (Wildman–Crippen LogP) is 0.490. The first-order chi connectivity index (χ1) is 13.5. The van der Waals surface area contributed by atoms with Gasteiger partial charge in [0.1, 0.15) is 5.82 Å². The molecule has 28 heavy (non-hydrogen) atoms. The highest BCUT2D eigenvalue weighted by molar-refractivity contribution is 7.92. The van der Waals surface area contributed by atoms with Crippen molar-refractivity contribution in [3.8, 4) is 11.3 Å². The van der Waals surface area contributed by atoms with E-state index in [1.165, 1.54) is 12.8 Å². The van der Waals surface area contributed by atoms with E-state index in [2.05, 4.69) is 19.8 Å². The Bertz CT molecular complexity index is 1050. The minimum Gasteiger partial charge on any atom is -0.368 e. The second-order valence-electron chi connectivity index (χ2n) is 8.38. The van der Waals surface area contributed by atoms with Crippen molar-refractivity contribution in [1.82, 2.24) is 19.9 Å². The number of fused-ring (bicyclic) bond motifs is 3. The first-order valence-electron chi connectivity index (χ1n) is 9.68. The molecule has 2 atom stereocenters. The van der Waals surface area contributed by atoms with E-state index in [9.17, 15) is 8.42 Å². The van der Waals surface area contributed by atoms with Crippen LogP contribution in [0.15, 0.2) is 18.5 Å². The van der Waals surface area contributed by atoms with E-state index in [1.54, 1.807) is 12.4 Å². The molecule has 5 aliphatic rings. The number of rotatable bonds is 3. The first kappa shape index (κ1) is 16.5. The van der Waals surface area contributed by atoms with Gasteiger partial charge in [0.2, 0.25) is 11.9 Å². The lowest BCUT2D eigenvalue weighted by Gasteiger charge is -2.30. The van der Waals surface area contributed by atoms with Crippen molar-refractivity contribution in [3.63, 3.8) is 0 Å². The molecule has 2 aromatic heterocycles. The van der Waals surface area contributed by atoms with Crippen LogP contribution in [0.4, 0.5) is 17.7 Å². The number of hydrogen-bond acceptors (Lipinski definition) is 9. The Labute approximate surface area is 162 Å².